The van der Waals surface area contributed by atoms with E-state index < -0.39 is 0 Å². The van der Waals surface area contributed by atoms with E-state index >= 15 is 0 Å². The molecule has 0 unspecified atom stereocenters. The van der Waals surface area contributed by atoms with E-state index in [0.29, 0.717) is 11.6 Å². The molecule has 5 heteroatoms. The van der Waals surface area contributed by atoms with Crippen molar-refractivity contribution in [3.8, 4) is 11.5 Å². The molecule has 2 aromatic rings. The van der Waals surface area contributed by atoms with Crippen molar-refractivity contribution in [3.63, 3.8) is 0 Å². The smallest absolute Gasteiger partial charge is 0.180 e. The zero-order valence-corrected chi connectivity index (χ0v) is 11.3. The number of nitrogen functional groups attached to an aromatic ring is 1. The van der Waals surface area contributed by atoms with Gasteiger partial charge < -0.3 is 10.3 Å². The number of nitrogens with two attached hydrogens (primary N) is 1. The average Bonchev–Trinajstić information content (AvgIpc) is 2.74. The summed E-state index contributed by atoms with van der Waals surface area (Å²) in [5.74, 6) is 1.13. The molecule has 0 saturated heterocycles. The number of hydrogen-bond acceptors (Lipinski definition) is 4. The Hall–Kier alpha value is -1.91. The first kappa shape index (κ1) is 12.5. The van der Waals surface area contributed by atoms with Crippen molar-refractivity contribution in [2.45, 2.75) is 39.7 Å². The second-order valence-electron chi connectivity index (χ2n) is 5.32. The van der Waals surface area contributed by atoms with E-state index in [9.17, 15) is 0 Å². The van der Waals surface area contributed by atoms with Crippen molar-refractivity contribution in [2.75, 3.05) is 5.73 Å². The maximum atomic E-state index is 5.87. The molecule has 0 saturated carbocycles. The zero-order chi connectivity index (χ0) is 13.3. The van der Waals surface area contributed by atoms with Gasteiger partial charge in [-0.15, -0.1) is 0 Å². The molecule has 0 spiro atoms. The van der Waals surface area contributed by atoms with Crippen LogP contribution in [-0.2, 0) is 12.0 Å². The lowest BCUT2D eigenvalue weighted by Crippen LogP contribution is -2.16. The number of imidazole rings is 1. The molecule has 18 heavy (non-hydrogen) atoms. The molecule has 2 N–H and O–H groups in total. The Bertz CT molecular complexity index is 551. The first-order valence-electron chi connectivity index (χ1n) is 6.07. The SMILES string of the molecule is CCn1cncc1-c1nc(N)cc(C(C)(C)C)n1. The lowest BCUT2D eigenvalue weighted by atomic mass is 9.92. The fraction of sp³-hybridized carbons (Fsp3) is 0.462. The van der Waals surface area contributed by atoms with Gasteiger partial charge in [-0.25, -0.2) is 15.0 Å². The maximum absolute atomic E-state index is 5.87. The van der Waals surface area contributed by atoms with Gasteiger partial charge in [0.15, 0.2) is 5.82 Å². The summed E-state index contributed by atoms with van der Waals surface area (Å²) >= 11 is 0. The molecule has 0 aliphatic heterocycles. The Morgan fingerprint density at radius 3 is 2.61 bits per heavy atom. The standard InChI is InChI=1S/C13H19N5/c1-5-18-8-15-7-9(18)12-16-10(13(2,3)4)6-11(14)17-12/h6-8H,5H2,1-4H3,(H2,14,16,17). The number of anilines is 1. The predicted octanol–water partition coefficient (Wildman–Crippen LogP) is 2.24. The van der Waals surface area contributed by atoms with Gasteiger partial charge in [-0.05, 0) is 6.92 Å². The summed E-state index contributed by atoms with van der Waals surface area (Å²) in [6.07, 6.45) is 3.54. The van der Waals surface area contributed by atoms with Crippen LogP contribution in [0.15, 0.2) is 18.6 Å². The van der Waals surface area contributed by atoms with Gasteiger partial charge in [0, 0.05) is 18.0 Å². The van der Waals surface area contributed by atoms with Crippen molar-refractivity contribution in [1.29, 1.82) is 0 Å². The second-order valence-corrected chi connectivity index (χ2v) is 5.32. The van der Waals surface area contributed by atoms with Crippen molar-refractivity contribution >= 4 is 5.82 Å². The summed E-state index contributed by atoms with van der Waals surface area (Å²) in [6, 6.07) is 1.83. The van der Waals surface area contributed by atoms with Crippen LogP contribution in [0.25, 0.3) is 11.5 Å². The summed E-state index contributed by atoms with van der Waals surface area (Å²) in [7, 11) is 0. The number of nitrogens with zero attached hydrogens (tertiary/aromatic N) is 4. The van der Waals surface area contributed by atoms with Crippen LogP contribution in [0.2, 0.25) is 0 Å². The second kappa shape index (κ2) is 4.40. The molecule has 0 radical (unpaired) electrons. The van der Waals surface area contributed by atoms with Gasteiger partial charge >= 0.3 is 0 Å². The minimum atomic E-state index is -0.0527. The third kappa shape index (κ3) is 2.34. The number of hydrogen-bond donors (Lipinski definition) is 1. The summed E-state index contributed by atoms with van der Waals surface area (Å²) in [5, 5.41) is 0. The van der Waals surface area contributed by atoms with Crippen molar-refractivity contribution < 1.29 is 0 Å². The van der Waals surface area contributed by atoms with E-state index in [1.165, 1.54) is 0 Å². The molecule has 0 fully saturated rings. The third-order valence-corrected chi connectivity index (χ3v) is 2.80. The summed E-state index contributed by atoms with van der Waals surface area (Å²) in [6.45, 7) is 9.21. The van der Waals surface area contributed by atoms with Gasteiger partial charge in [-0.2, -0.15) is 0 Å². The van der Waals surface area contributed by atoms with Gasteiger partial charge in [-0.1, -0.05) is 20.8 Å². The average molecular weight is 245 g/mol. The van der Waals surface area contributed by atoms with Crippen LogP contribution in [-0.4, -0.2) is 19.5 Å². The molecule has 0 amide bonds. The lowest BCUT2D eigenvalue weighted by Gasteiger charge is -2.18. The van der Waals surface area contributed by atoms with E-state index in [0.717, 1.165) is 17.9 Å². The highest BCUT2D eigenvalue weighted by molar-refractivity contribution is 5.52. The molecule has 2 heterocycles. The monoisotopic (exact) mass is 245 g/mol. The van der Waals surface area contributed by atoms with E-state index in [1.54, 1.807) is 12.5 Å². The quantitative estimate of drug-likeness (QED) is 0.881. The van der Waals surface area contributed by atoms with Crippen LogP contribution < -0.4 is 5.73 Å². The molecule has 5 nitrogen and oxygen atoms in total. The molecule has 0 aliphatic rings. The molecule has 0 aliphatic carbocycles. The highest BCUT2D eigenvalue weighted by Gasteiger charge is 2.18. The van der Waals surface area contributed by atoms with E-state index in [-0.39, 0.29) is 5.41 Å². The minimum absolute atomic E-state index is 0.0527. The van der Waals surface area contributed by atoms with E-state index in [1.807, 2.05) is 10.6 Å². The number of aromatic nitrogens is 4. The topological polar surface area (TPSA) is 69.6 Å². The first-order chi connectivity index (χ1) is 8.41. The largest absolute Gasteiger partial charge is 0.384 e. The third-order valence-electron chi connectivity index (χ3n) is 2.80. The Labute approximate surface area is 107 Å². The van der Waals surface area contributed by atoms with Crippen molar-refractivity contribution in [3.05, 3.63) is 24.3 Å². The van der Waals surface area contributed by atoms with Crippen molar-refractivity contribution in [2.24, 2.45) is 0 Å². The highest BCUT2D eigenvalue weighted by atomic mass is 15.1. The highest BCUT2D eigenvalue weighted by Crippen LogP contribution is 2.24. The molecule has 96 valence electrons. The minimum Gasteiger partial charge on any atom is -0.384 e. The van der Waals surface area contributed by atoms with Crippen LogP contribution >= 0.6 is 0 Å². The normalized spacial score (nSPS) is 11.8. The number of rotatable bonds is 2. The summed E-state index contributed by atoms with van der Waals surface area (Å²) < 4.78 is 2.00. The fourth-order valence-corrected chi connectivity index (χ4v) is 1.72. The van der Waals surface area contributed by atoms with Gasteiger partial charge in [0.2, 0.25) is 0 Å². The lowest BCUT2D eigenvalue weighted by molar-refractivity contribution is 0.568. The molecular weight excluding hydrogens is 226 g/mol. The molecular formula is C13H19N5. The predicted molar refractivity (Wildman–Crippen MR) is 72.0 cm³/mol. The van der Waals surface area contributed by atoms with Crippen LogP contribution in [0.1, 0.15) is 33.4 Å². The van der Waals surface area contributed by atoms with E-state index in [4.69, 9.17) is 5.73 Å². The van der Waals surface area contributed by atoms with Gasteiger partial charge in [0.05, 0.1) is 18.2 Å². The van der Waals surface area contributed by atoms with Crippen LogP contribution in [0.4, 0.5) is 5.82 Å². The Morgan fingerprint density at radius 2 is 2.00 bits per heavy atom. The Kier molecular flexibility index (Phi) is 3.07. The molecule has 0 bridgehead atoms. The Morgan fingerprint density at radius 1 is 1.28 bits per heavy atom. The first-order valence-corrected chi connectivity index (χ1v) is 6.07. The molecule has 2 aromatic heterocycles. The van der Waals surface area contributed by atoms with E-state index in [2.05, 4.69) is 42.6 Å². The maximum Gasteiger partial charge on any atom is 0.180 e. The number of aryl methyl sites for hydroxylation is 1. The zero-order valence-electron chi connectivity index (χ0n) is 11.3. The van der Waals surface area contributed by atoms with Crippen molar-refractivity contribution in [1.82, 2.24) is 19.5 Å². The molecule has 2 rings (SSSR count). The summed E-state index contributed by atoms with van der Waals surface area (Å²) in [4.78, 5) is 13.0. The van der Waals surface area contributed by atoms with Gasteiger partial charge in [0.25, 0.3) is 0 Å². The molecule has 0 aromatic carbocycles. The molecule has 0 atom stereocenters. The van der Waals surface area contributed by atoms with Crippen LogP contribution in [0.3, 0.4) is 0 Å². The fourth-order valence-electron chi connectivity index (χ4n) is 1.72. The summed E-state index contributed by atoms with van der Waals surface area (Å²) in [5.41, 5.74) is 7.66. The van der Waals surface area contributed by atoms with Gasteiger partial charge in [0.1, 0.15) is 11.5 Å². The van der Waals surface area contributed by atoms with Crippen LogP contribution in [0.5, 0.6) is 0 Å². The van der Waals surface area contributed by atoms with Gasteiger partial charge in [-0.3, -0.25) is 0 Å². The Balaban J connectivity index is 2.56. The van der Waals surface area contributed by atoms with Crippen LogP contribution in [0, 0.1) is 0 Å².